The number of hydrogen-bond acceptors (Lipinski definition) is 7. The Morgan fingerprint density at radius 3 is 2.15 bits per heavy atom. The molecule has 3 aromatic rings. The first-order valence-electron chi connectivity index (χ1n) is 18.5. The van der Waals surface area contributed by atoms with Crippen LogP contribution in [0.15, 0.2) is 36.7 Å². The van der Waals surface area contributed by atoms with Crippen molar-refractivity contribution in [1.29, 1.82) is 0 Å². The van der Waals surface area contributed by atoms with Crippen molar-refractivity contribution in [1.82, 2.24) is 19.9 Å². The standard InChI is InChI=1S/C39H45F6N5O3/c1-37(2)19-28-31(29(51)20-37)30(23-7-11-38(41,42)12-8-23)32(33(40)24-3-5-27(6-4-24)39(43,44)45)34(48-28)25-9-13-50(14-10-25)36-46-21-26(22-47-36)35(52)49-15-17-53-18-16-49/h3-6,21-23,25,29,33,51H,7-20H2,1-2H3/t29-,33?/m0/s1. The molecule has 4 heterocycles. The minimum atomic E-state index is -4.60. The van der Waals surface area contributed by atoms with Crippen LogP contribution >= 0.6 is 0 Å². The molecule has 2 aliphatic carbocycles. The number of aliphatic hydroxyl groups excluding tert-OH is 1. The minimum absolute atomic E-state index is 0.00608. The lowest BCUT2D eigenvalue weighted by Crippen LogP contribution is -2.41. The zero-order valence-corrected chi connectivity index (χ0v) is 29.9. The number of fused-ring (bicyclic) bond motifs is 1. The van der Waals surface area contributed by atoms with Gasteiger partial charge in [-0.3, -0.25) is 9.78 Å². The maximum atomic E-state index is 17.3. The second-order valence-electron chi connectivity index (χ2n) is 15.8. The summed E-state index contributed by atoms with van der Waals surface area (Å²) in [5.74, 6) is -3.31. The number of ether oxygens (including phenoxy) is 1. The molecule has 53 heavy (non-hydrogen) atoms. The molecule has 2 aromatic heterocycles. The van der Waals surface area contributed by atoms with Gasteiger partial charge in [-0.05, 0) is 73.1 Å². The van der Waals surface area contributed by atoms with Crippen LogP contribution in [-0.2, 0) is 17.3 Å². The van der Waals surface area contributed by atoms with Gasteiger partial charge in [0.1, 0.15) is 0 Å². The Morgan fingerprint density at radius 2 is 1.55 bits per heavy atom. The lowest BCUT2D eigenvalue weighted by Gasteiger charge is -2.41. The van der Waals surface area contributed by atoms with Crippen LogP contribution in [0.3, 0.4) is 0 Å². The summed E-state index contributed by atoms with van der Waals surface area (Å²) in [5.41, 5.74) is 1.44. The van der Waals surface area contributed by atoms with Gasteiger partial charge in [0.05, 0.1) is 36.1 Å². The molecule has 286 valence electrons. The Kier molecular flexibility index (Phi) is 10.2. The molecule has 1 N–H and O–H groups in total. The molecule has 0 bridgehead atoms. The van der Waals surface area contributed by atoms with Gasteiger partial charge in [0, 0.05) is 74.2 Å². The predicted octanol–water partition coefficient (Wildman–Crippen LogP) is 8.10. The van der Waals surface area contributed by atoms with E-state index in [2.05, 4.69) is 9.97 Å². The van der Waals surface area contributed by atoms with Crippen LogP contribution in [0.1, 0.15) is 132 Å². The Balaban J connectivity index is 1.24. The van der Waals surface area contributed by atoms with E-state index >= 15 is 4.39 Å². The number of pyridine rings is 1. The molecule has 3 fully saturated rings. The van der Waals surface area contributed by atoms with E-state index in [0.29, 0.717) is 99.1 Å². The first-order chi connectivity index (χ1) is 25.1. The fourth-order valence-corrected chi connectivity index (χ4v) is 8.61. The van der Waals surface area contributed by atoms with Crippen molar-refractivity contribution >= 4 is 11.9 Å². The average Bonchev–Trinajstić information content (AvgIpc) is 3.13. The summed E-state index contributed by atoms with van der Waals surface area (Å²) in [7, 11) is 0. The van der Waals surface area contributed by atoms with Gasteiger partial charge < -0.3 is 19.6 Å². The summed E-state index contributed by atoms with van der Waals surface area (Å²) in [4.78, 5) is 30.7. The van der Waals surface area contributed by atoms with E-state index in [0.717, 1.165) is 24.3 Å². The minimum Gasteiger partial charge on any atom is -0.388 e. The number of amides is 1. The van der Waals surface area contributed by atoms with Crippen LogP contribution in [0.4, 0.5) is 32.3 Å². The number of benzene rings is 1. The second kappa shape index (κ2) is 14.5. The van der Waals surface area contributed by atoms with E-state index < -0.39 is 35.9 Å². The normalized spacial score (nSPS) is 23.1. The Hall–Kier alpha value is -3.78. The SMILES string of the molecule is CC1(C)Cc2nc(C3CCN(c4ncc(C(=O)N5CCOCC5)cn4)CC3)c(C(F)c3ccc(C(F)(F)F)cc3)c(C3CCC(F)(F)CC3)c2[C@@H](O)C1. The summed E-state index contributed by atoms with van der Waals surface area (Å²) in [6, 6.07) is 3.96. The summed E-state index contributed by atoms with van der Waals surface area (Å²) in [5, 5.41) is 11.6. The lowest BCUT2D eigenvalue weighted by atomic mass is 9.68. The van der Waals surface area contributed by atoms with Crippen molar-refractivity contribution in [3.8, 4) is 0 Å². The van der Waals surface area contributed by atoms with Crippen LogP contribution in [0, 0.1) is 5.41 Å². The molecule has 0 radical (unpaired) electrons. The van der Waals surface area contributed by atoms with Crippen molar-refractivity contribution in [2.75, 3.05) is 44.3 Å². The molecule has 2 atom stereocenters. The number of aliphatic hydroxyl groups is 1. The number of piperidine rings is 1. The maximum Gasteiger partial charge on any atom is 0.416 e. The van der Waals surface area contributed by atoms with Crippen molar-refractivity contribution in [3.05, 3.63) is 81.4 Å². The van der Waals surface area contributed by atoms with Crippen LogP contribution in [0.25, 0.3) is 0 Å². The van der Waals surface area contributed by atoms with Gasteiger partial charge in [0.25, 0.3) is 5.91 Å². The molecule has 1 aromatic carbocycles. The number of rotatable bonds is 6. The van der Waals surface area contributed by atoms with E-state index in [-0.39, 0.29) is 54.1 Å². The largest absolute Gasteiger partial charge is 0.416 e. The molecule has 2 saturated heterocycles. The zero-order chi connectivity index (χ0) is 37.7. The molecular formula is C39H45F6N5O3. The van der Waals surface area contributed by atoms with Crippen LogP contribution in [0.2, 0.25) is 0 Å². The topological polar surface area (TPSA) is 91.7 Å². The Labute approximate surface area is 305 Å². The summed E-state index contributed by atoms with van der Waals surface area (Å²) < 4.78 is 92.0. The third-order valence-electron chi connectivity index (χ3n) is 11.4. The van der Waals surface area contributed by atoms with Gasteiger partial charge >= 0.3 is 6.18 Å². The number of carbonyl (C=O) groups excluding carboxylic acids is 1. The number of nitrogens with zero attached hydrogens (tertiary/aromatic N) is 5. The van der Waals surface area contributed by atoms with Gasteiger partial charge in [0.15, 0.2) is 6.17 Å². The molecule has 2 aliphatic heterocycles. The van der Waals surface area contributed by atoms with E-state index in [9.17, 15) is 31.9 Å². The molecule has 1 saturated carbocycles. The van der Waals surface area contributed by atoms with E-state index in [1.165, 1.54) is 12.4 Å². The molecule has 14 heteroatoms. The number of halogens is 6. The molecule has 4 aliphatic rings. The first kappa shape index (κ1) is 37.5. The quantitative estimate of drug-likeness (QED) is 0.255. The number of alkyl halides is 6. The molecule has 0 spiro atoms. The van der Waals surface area contributed by atoms with Crippen molar-refractivity contribution in [2.45, 2.75) is 101 Å². The van der Waals surface area contributed by atoms with Crippen LogP contribution in [-0.4, -0.2) is 76.2 Å². The first-order valence-corrected chi connectivity index (χ1v) is 18.5. The smallest absolute Gasteiger partial charge is 0.388 e. The van der Waals surface area contributed by atoms with Gasteiger partial charge in [0.2, 0.25) is 11.9 Å². The fraction of sp³-hybridized carbons (Fsp3) is 0.590. The van der Waals surface area contributed by atoms with Crippen molar-refractivity contribution in [2.24, 2.45) is 5.41 Å². The highest BCUT2D eigenvalue weighted by molar-refractivity contribution is 5.93. The number of hydrogen-bond donors (Lipinski definition) is 1. The average molecular weight is 746 g/mol. The number of morpholine rings is 1. The van der Waals surface area contributed by atoms with Gasteiger partial charge in [-0.2, -0.15) is 13.2 Å². The fourth-order valence-electron chi connectivity index (χ4n) is 8.61. The van der Waals surface area contributed by atoms with Gasteiger partial charge in [-0.25, -0.2) is 23.1 Å². The third kappa shape index (κ3) is 7.90. The molecule has 8 nitrogen and oxygen atoms in total. The van der Waals surface area contributed by atoms with Crippen molar-refractivity contribution < 1.29 is 41.0 Å². The van der Waals surface area contributed by atoms with Gasteiger partial charge in [-0.15, -0.1) is 0 Å². The maximum absolute atomic E-state index is 17.3. The van der Waals surface area contributed by atoms with Crippen molar-refractivity contribution in [3.63, 3.8) is 0 Å². The third-order valence-corrected chi connectivity index (χ3v) is 11.4. The van der Waals surface area contributed by atoms with E-state index in [1.54, 1.807) is 4.90 Å². The highest BCUT2D eigenvalue weighted by Gasteiger charge is 2.44. The molecule has 7 rings (SSSR count). The Morgan fingerprint density at radius 1 is 0.925 bits per heavy atom. The number of carbonyl (C=O) groups is 1. The second-order valence-corrected chi connectivity index (χ2v) is 15.8. The highest BCUT2D eigenvalue weighted by atomic mass is 19.4. The Bertz CT molecular complexity index is 1780. The summed E-state index contributed by atoms with van der Waals surface area (Å²) in [6.45, 7) is 6.95. The lowest BCUT2D eigenvalue weighted by molar-refractivity contribution is -0.137. The summed E-state index contributed by atoms with van der Waals surface area (Å²) in [6.07, 6.45) is -3.13. The monoisotopic (exact) mass is 745 g/mol. The number of aromatic nitrogens is 3. The predicted molar refractivity (Wildman–Crippen MR) is 185 cm³/mol. The van der Waals surface area contributed by atoms with E-state index in [4.69, 9.17) is 9.72 Å². The summed E-state index contributed by atoms with van der Waals surface area (Å²) >= 11 is 0. The highest BCUT2D eigenvalue weighted by Crippen LogP contribution is 2.52. The van der Waals surface area contributed by atoms with Gasteiger partial charge in [-0.1, -0.05) is 26.0 Å². The molecule has 1 amide bonds. The number of anilines is 1. The molecule has 1 unspecified atom stereocenters. The van der Waals surface area contributed by atoms with E-state index in [1.807, 2.05) is 18.7 Å². The zero-order valence-electron chi connectivity index (χ0n) is 29.9. The molecular weight excluding hydrogens is 700 g/mol. The van der Waals surface area contributed by atoms with Crippen LogP contribution < -0.4 is 4.90 Å². The van der Waals surface area contributed by atoms with Crippen LogP contribution in [0.5, 0.6) is 0 Å².